The molecule has 0 atom stereocenters. The third-order valence-corrected chi connectivity index (χ3v) is 1.78. The predicted octanol–water partition coefficient (Wildman–Crippen LogP) is -0.0646. The smallest absolute Gasteiger partial charge is 0.209 e. The van der Waals surface area contributed by atoms with Crippen molar-refractivity contribution in [3.8, 4) is 12.3 Å². The number of nitrogens with zero attached hydrogens (tertiary/aromatic N) is 4. The van der Waals surface area contributed by atoms with Gasteiger partial charge in [0.15, 0.2) is 0 Å². The van der Waals surface area contributed by atoms with Crippen molar-refractivity contribution in [1.82, 2.24) is 20.2 Å². The second-order valence-corrected chi connectivity index (χ2v) is 2.52. The summed E-state index contributed by atoms with van der Waals surface area (Å²) in [7, 11) is 1.78. The van der Waals surface area contributed by atoms with E-state index in [0.717, 1.165) is 5.16 Å². The topological polar surface area (TPSA) is 43.6 Å². The van der Waals surface area contributed by atoms with Crippen molar-refractivity contribution in [2.75, 3.05) is 5.75 Å². The standard InChI is InChI=1S/C5H6N4S/c1-3-4-10-5-6-7-8-9(5)2/h1H,4H2,2H3. The molecule has 0 radical (unpaired) electrons. The summed E-state index contributed by atoms with van der Waals surface area (Å²) in [6, 6.07) is 0. The van der Waals surface area contributed by atoms with Gasteiger partial charge in [-0.2, -0.15) is 0 Å². The zero-order chi connectivity index (χ0) is 7.40. The number of terminal acetylenes is 1. The van der Waals surface area contributed by atoms with Crippen molar-refractivity contribution in [1.29, 1.82) is 0 Å². The van der Waals surface area contributed by atoms with Crippen molar-refractivity contribution < 1.29 is 0 Å². The molecule has 0 aliphatic carbocycles. The summed E-state index contributed by atoms with van der Waals surface area (Å²) in [5.74, 6) is 3.09. The van der Waals surface area contributed by atoms with Crippen molar-refractivity contribution in [3.63, 3.8) is 0 Å². The van der Waals surface area contributed by atoms with Gasteiger partial charge in [-0.3, -0.25) is 0 Å². The Kier molecular flexibility index (Phi) is 2.29. The molecule has 1 rings (SSSR count). The van der Waals surface area contributed by atoms with E-state index in [1.54, 1.807) is 11.7 Å². The fraction of sp³-hybridized carbons (Fsp3) is 0.400. The van der Waals surface area contributed by atoms with Crippen LogP contribution in [0, 0.1) is 12.3 Å². The molecule has 5 heteroatoms. The van der Waals surface area contributed by atoms with E-state index in [9.17, 15) is 0 Å². The molecule has 1 heterocycles. The monoisotopic (exact) mass is 154 g/mol. The maximum Gasteiger partial charge on any atom is 0.209 e. The van der Waals surface area contributed by atoms with Gasteiger partial charge in [0.1, 0.15) is 0 Å². The van der Waals surface area contributed by atoms with Crippen molar-refractivity contribution >= 4 is 11.8 Å². The molecule has 10 heavy (non-hydrogen) atoms. The lowest BCUT2D eigenvalue weighted by Crippen LogP contribution is -1.92. The fourth-order valence-electron chi connectivity index (χ4n) is 0.450. The first-order valence-electron chi connectivity index (χ1n) is 2.63. The SMILES string of the molecule is C#CCSc1nnnn1C. The Bertz CT molecular complexity index is 248. The van der Waals surface area contributed by atoms with Gasteiger partial charge in [0, 0.05) is 7.05 Å². The Balaban J connectivity index is 2.59. The predicted molar refractivity (Wildman–Crippen MR) is 38.4 cm³/mol. The molecule has 0 aliphatic heterocycles. The van der Waals surface area contributed by atoms with Crippen LogP contribution >= 0.6 is 11.8 Å². The van der Waals surface area contributed by atoms with Crippen molar-refractivity contribution in [3.05, 3.63) is 0 Å². The zero-order valence-electron chi connectivity index (χ0n) is 5.48. The fourth-order valence-corrected chi connectivity index (χ4v) is 0.980. The average Bonchev–Trinajstić information content (AvgIpc) is 2.31. The number of thioether (sulfide) groups is 1. The van der Waals surface area contributed by atoms with Gasteiger partial charge in [0.25, 0.3) is 0 Å². The van der Waals surface area contributed by atoms with Crippen LogP contribution in [0.3, 0.4) is 0 Å². The molecule has 1 aromatic heterocycles. The molecule has 0 saturated heterocycles. The molecule has 52 valence electrons. The quantitative estimate of drug-likeness (QED) is 0.442. The highest BCUT2D eigenvalue weighted by Gasteiger charge is 1.98. The Morgan fingerprint density at radius 1 is 1.80 bits per heavy atom. The molecule has 0 N–H and O–H groups in total. The normalized spacial score (nSPS) is 9.20. The van der Waals surface area contributed by atoms with E-state index < -0.39 is 0 Å². The molecule has 0 bridgehead atoms. The summed E-state index contributed by atoms with van der Waals surface area (Å²) >= 11 is 1.44. The first-order valence-corrected chi connectivity index (χ1v) is 3.62. The number of hydrogen-bond acceptors (Lipinski definition) is 4. The lowest BCUT2D eigenvalue weighted by Gasteiger charge is -1.90. The average molecular weight is 154 g/mol. The van der Waals surface area contributed by atoms with Crippen LogP contribution in [0.25, 0.3) is 0 Å². The Labute approximate surface area is 63.0 Å². The third-order valence-electron chi connectivity index (χ3n) is 0.866. The van der Waals surface area contributed by atoms with Crippen LogP contribution in [-0.2, 0) is 7.05 Å². The summed E-state index contributed by atoms with van der Waals surface area (Å²) in [6.45, 7) is 0. The van der Waals surface area contributed by atoms with Crippen LogP contribution in [0.4, 0.5) is 0 Å². The van der Waals surface area contributed by atoms with E-state index in [1.807, 2.05) is 0 Å². The molecule has 1 aromatic rings. The molecule has 0 saturated carbocycles. The summed E-state index contributed by atoms with van der Waals surface area (Å²) < 4.78 is 1.59. The highest BCUT2D eigenvalue weighted by atomic mass is 32.2. The minimum absolute atomic E-state index is 0.605. The highest BCUT2D eigenvalue weighted by molar-refractivity contribution is 7.99. The molecule has 0 aromatic carbocycles. The van der Waals surface area contributed by atoms with Gasteiger partial charge in [-0.15, -0.1) is 11.5 Å². The minimum atomic E-state index is 0.605. The number of hydrogen-bond donors (Lipinski definition) is 0. The Morgan fingerprint density at radius 3 is 3.10 bits per heavy atom. The maximum absolute atomic E-state index is 5.05. The van der Waals surface area contributed by atoms with Crippen LogP contribution in [-0.4, -0.2) is 26.0 Å². The van der Waals surface area contributed by atoms with Gasteiger partial charge in [-0.1, -0.05) is 17.7 Å². The molecule has 0 fully saturated rings. The van der Waals surface area contributed by atoms with E-state index in [2.05, 4.69) is 21.4 Å². The number of tetrazole rings is 1. The van der Waals surface area contributed by atoms with Crippen molar-refractivity contribution in [2.45, 2.75) is 5.16 Å². The summed E-state index contributed by atoms with van der Waals surface area (Å²) in [4.78, 5) is 0. The van der Waals surface area contributed by atoms with E-state index in [1.165, 1.54) is 11.8 Å². The second kappa shape index (κ2) is 3.22. The summed E-state index contributed by atoms with van der Waals surface area (Å²) in [5, 5.41) is 11.6. The molecule has 0 amide bonds. The number of rotatable bonds is 2. The first kappa shape index (κ1) is 7.09. The van der Waals surface area contributed by atoms with Crippen LogP contribution in [0.1, 0.15) is 0 Å². The maximum atomic E-state index is 5.05. The first-order chi connectivity index (χ1) is 4.84. The molecular formula is C5H6N4S. The van der Waals surface area contributed by atoms with Gasteiger partial charge >= 0.3 is 0 Å². The van der Waals surface area contributed by atoms with Crippen molar-refractivity contribution in [2.24, 2.45) is 7.05 Å². The molecule has 0 unspecified atom stereocenters. The lowest BCUT2D eigenvalue weighted by atomic mass is 10.8. The van der Waals surface area contributed by atoms with Gasteiger partial charge in [0.2, 0.25) is 5.16 Å². The highest BCUT2D eigenvalue weighted by Crippen LogP contribution is 2.09. The van der Waals surface area contributed by atoms with Gasteiger partial charge in [-0.05, 0) is 10.4 Å². The number of aromatic nitrogens is 4. The molecule has 0 aliphatic rings. The minimum Gasteiger partial charge on any atom is -0.224 e. The van der Waals surface area contributed by atoms with E-state index in [-0.39, 0.29) is 0 Å². The third kappa shape index (κ3) is 1.48. The zero-order valence-corrected chi connectivity index (χ0v) is 6.30. The Morgan fingerprint density at radius 2 is 2.60 bits per heavy atom. The molecular weight excluding hydrogens is 148 g/mol. The molecule has 4 nitrogen and oxygen atoms in total. The van der Waals surface area contributed by atoms with E-state index in [4.69, 9.17) is 6.42 Å². The van der Waals surface area contributed by atoms with Gasteiger partial charge in [0.05, 0.1) is 5.75 Å². The van der Waals surface area contributed by atoms with E-state index in [0.29, 0.717) is 5.75 Å². The summed E-state index contributed by atoms with van der Waals surface area (Å²) in [6.07, 6.45) is 5.05. The lowest BCUT2D eigenvalue weighted by molar-refractivity contribution is 0.665. The van der Waals surface area contributed by atoms with Gasteiger partial charge < -0.3 is 0 Å². The van der Waals surface area contributed by atoms with E-state index >= 15 is 0 Å². The van der Waals surface area contributed by atoms with Gasteiger partial charge in [-0.25, -0.2) is 4.68 Å². The molecule has 0 spiro atoms. The largest absolute Gasteiger partial charge is 0.224 e. The second-order valence-electron chi connectivity index (χ2n) is 1.58. The van der Waals surface area contributed by atoms with Crippen LogP contribution in [0.15, 0.2) is 5.16 Å². The number of aryl methyl sites for hydroxylation is 1. The van der Waals surface area contributed by atoms with Crippen LogP contribution < -0.4 is 0 Å². The van der Waals surface area contributed by atoms with Crippen LogP contribution in [0.2, 0.25) is 0 Å². The summed E-state index contributed by atoms with van der Waals surface area (Å²) in [5.41, 5.74) is 0. The van der Waals surface area contributed by atoms with Crippen LogP contribution in [0.5, 0.6) is 0 Å². The Hall–Kier alpha value is -1.02.